The summed E-state index contributed by atoms with van der Waals surface area (Å²) in [5.74, 6) is 1.72. The van der Waals surface area contributed by atoms with Crippen molar-refractivity contribution in [2.45, 2.75) is 31.3 Å². The second-order valence-electron chi connectivity index (χ2n) is 8.46. The summed E-state index contributed by atoms with van der Waals surface area (Å²) in [7, 11) is 2.16. The number of benzene rings is 1. The molecule has 0 saturated heterocycles. The number of fused-ring (bicyclic) bond motifs is 2. The van der Waals surface area contributed by atoms with Crippen molar-refractivity contribution in [1.82, 2.24) is 15.2 Å². The molecule has 4 heteroatoms. The maximum absolute atomic E-state index is 12.8. The molecular weight excluding hydrogens is 310 g/mol. The first kappa shape index (κ1) is 14.1. The van der Waals surface area contributed by atoms with E-state index >= 15 is 0 Å². The average molecular weight is 333 g/mol. The van der Waals surface area contributed by atoms with E-state index in [9.17, 15) is 4.79 Å². The number of amides is 1. The summed E-state index contributed by atoms with van der Waals surface area (Å²) < 4.78 is 0. The summed E-state index contributed by atoms with van der Waals surface area (Å²) in [6.07, 6.45) is 8.10. The van der Waals surface area contributed by atoms with Crippen molar-refractivity contribution in [3.05, 3.63) is 41.6 Å². The van der Waals surface area contributed by atoms with Crippen LogP contribution in [0.5, 0.6) is 0 Å². The van der Waals surface area contributed by atoms with Gasteiger partial charge in [-0.15, -0.1) is 0 Å². The Bertz CT molecular complexity index is 912. The monoisotopic (exact) mass is 333 g/mol. The standard InChI is InChI=1S/C21H23N3O/c1-24-10-14(21(25)23-20-11-5-12(20)6-11)7-16-15-3-2-4-17-19(15)13(9-22-17)8-18(16)24/h2-4,7,9,11-12,14,18,20,22H,5-6,8,10H2,1H3,(H,23,25). The van der Waals surface area contributed by atoms with Gasteiger partial charge in [0.1, 0.15) is 0 Å². The van der Waals surface area contributed by atoms with Crippen LogP contribution in [-0.4, -0.2) is 41.5 Å². The molecule has 2 unspecified atom stereocenters. The Balaban J connectivity index is 1.37. The van der Waals surface area contributed by atoms with Crippen molar-refractivity contribution in [2.75, 3.05) is 13.6 Å². The molecule has 5 aliphatic rings. The largest absolute Gasteiger partial charge is 0.361 e. The number of aromatic nitrogens is 1. The van der Waals surface area contributed by atoms with Crippen molar-refractivity contribution < 1.29 is 4.79 Å². The highest BCUT2D eigenvalue weighted by Gasteiger charge is 2.53. The number of aromatic amines is 1. The van der Waals surface area contributed by atoms with E-state index in [1.165, 1.54) is 40.4 Å². The molecule has 1 aromatic carbocycles. The molecule has 3 saturated carbocycles. The Kier molecular flexibility index (Phi) is 2.69. The lowest BCUT2D eigenvalue weighted by molar-refractivity contribution is -0.132. The second kappa shape index (κ2) is 4.76. The molecule has 0 radical (unpaired) electrons. The molecule has 128 valence electrons. The van der Waals surface area contributed by atoms with Crippen LogP contribution in [0.4, 0.5) is 0 Å². The molecule has 1 aromatic heterocycles. The van der Waals surface area contributed by atoms with Gasteiger partial charge in [0, 0.05) is 35.7 Å². The van der Waals surface area contributed by atoms with E-state index in [1.54, 1.807) is 0 Å². The van der Waals surface area contributed by atoms with Crippen molar-refractivity contribution in [3.63, 3.8) is 0 Å². The summed E-state index contributed by atoms with van der Waals surface area (Å²) in [4.78, 5) is 18.6. The zero-order valence-corrected chi connectivity index (χ0v) is 14.5. The van der Waals surface area contributed by atoms with Gasteiger partial charge in [0.05, 0.1) is 5.92 Å². The lowest BCUT2D eigenvalue weighted by atomic mass is 9.52. The number of carbonyl (C=O) groups excluding carboxylic acids is 1. The fraction of sp³-hybridized carbons (Fsp3) is 0.476. The Morgan fingerprint density at radius 2 is 2.12 bits per heavy atom. The lowest BCUT2D eigenvalue weighted by Gasteiger charge is -2.58. The third-order valence-electron chi connectivity index (χ3n) is 7.14. The van der Waals surface area contributed by atoms with E-state index < -0.39 is 0 Å². The van der Waals surface area contributed by atoms with Gasteiger partial charge < -0.3 is 10.3 Å². The Morgan fingerprint density at radius 1 is 1.28 bits per heavy atom. The van der Waals surface area contributed by atoms with Gasteiger partial charge in [-0.1, -0.05) is 18.2 Å². The maximum atomic E-state index is 12.8. The summed E-state index contributed by atoms with van der Waals surface area (Å²) in [5, 5.41) is 4.67. The van der Waals surface area contributed by atoms with Gasteiger partial charge in [-0.3, -0.25) is 9.69 Å². The minimum atomic E-state index is -0.0352. The molecular formula is C21H23N3O. The second-order valence-corrected chi connectivity index (χ2v) is 8.46. The third-order valence-corrected chi connectivity index (χ3v) is 7.14. The Labute approximate surface area is 147 Å². The lowest BCUT2D eigenvalue weighted by Crippen LogP contribution is -2.64. The zero-order valence-electron chi connectivity index (χ0n) is 14.5. The molecule has 1 amide bonds. The van der Waals surface area contributed by atoms with Crippen LogP contribution in [0.1, 0.15) is 24.0 Å². The van der Waals surface area contributed by atoms with E-state index in [1.807, 2.05) is 0 Å². The molecule has 2 heterocycles. The molecule has 3 fully saturated rings. The fourth-order valence-corrected chi connectivity index (χ4v) is 5.41. The van der Waals surface area contributed by atoms with Crippen LogP contribution < -0.4 is 5.32 Å². The van der Waals surface area contributed by atoms with Crippen LogP contribution in [0.3, 0.4) is 0 Å². The molecule has 2 N–H and O–H groups in total. The van der Waals surface area contributed by atoms with Crippen molar-refractivity contribution in [2.24, 2.45) is 17.8 Å². The average Bonchev–Trinajstić information content (AvgIpc) is 2.96. The normalized spacial score (nSPS) is 35.4. The highest BCUT2D eigenvalue weighted by atomic mass is 16.2. The van der Waals surface area contributed by atoms with Crippen LogP contribution in [0.25, 0.3) is 16.5 Å². The van der Waals surface area contributed by atoms with Gasteiger partial charge in [-0.2, -0.15) is 0 Å². The number of hydrogen-bond donors (Lipinski definition) is 2. The Hall–Kier alpha value is -2.07. The Morgan fingerprint density at radius 3 is 2.88 bits per heavy atom. The van der Waals surface area contributed by atoms with Crippen LogP contribution in [-0.2, 0) is 11.2 Å². The summed E-state index contributed by atoms with van der Waals surface area (Å²) in [6, 6.07) is 7.33. The molecule has 2 bridgehead atoms. The van der Waals surface area contributed by atoms with Crippen LogP contribution in [0.15, 0.2) is 30.5 Å². The number of H-pyrrole nitrogens is 1. The van der Waals surface area contributed by atoms with E-state index in [4.69, 9.17) is 0 Å². The van der Waals surface area contributed by atoms with Crippen LogP contribution in [0.2, 0.25) is 0 Å². The van der Waals surface area contributed by atoms with Crippen molar-refractivity contribution in [3.8, 4) is 0 Å². The van der Waals surface area contributed by atoms with Gasteiger partial charge in [0.25, 0.3) is 0 Å². The molecule has 7 rings (SSSR count). The quantitative estimate of drug-likeness (QED) is 0.887. The van der Waals surface area contributed by atoms with Crippen LogP contribution in [0, 0.1) is 17.8 Å². The number of nitrogens with one attached hydrogen (secondary N) is 2. The molecule has 1 aliphatic heterocycles. The molecule has 4 aliphatic carbocycles. The summed E-state index contributed by atoms with van der Waals surface area (Å²) in [6.45, 7) is 0.817. The SMILES string of the molecule is CN1CC(C(=O)NC2C3CC2C3)C=C2c3cccc4[nH]cc(c34)CC21. The maximum Gasteiger partial charge on any atom is 0.228 e. The first-order valence-corrected chi connectivity index (χ1v) is 9.50. The number of rotatable bonds is 2. The van der Waals surface area contributed by atoms with E-state index in [0.717, 1.165) is 24.8 Å². The molecule has 25 heavy (non-hydrogen) atoms. The molecule has 2 atom stereocenters. The van der Waals surface area contributed by atoms with Gasteiger partial charge in [0.2, 0.25) is 5.91 Å². The molecule has 4 nitrogen and oxygen atoms in total. The van der Waals surface area contributed by atoms with Gasteiger partial charge in [-0.05, 0) is 60.9 Å². The predicted molar refractivity (Wildman–Crippen MR) is 98.0 cm³/mol. The van der Waals surface area contributed by atoms with Gasteiger partial charge >= 0.3 is 0 Å². The van der Waals surface area contributed by atoms with Crippen molar-refractivity contribution >= 4 is 22.4 Å². The first-order chi connectivity index (χ1) is 12.2. The molecule has 0 spiro atoms. The smallest absolute Gasteiger partial charge is 0.228 e. The van der Waals surface area contributed by atoms with Crippen LogP contribution >= 0.6 is 0 Å². The van der Waals surface area contributed by atoms with Gasteiger partial charge in [-0.25, -0.2) is 0 Å². The van der Waals surface area contributed by atoms with Crippen molar-refractivity contribution in [1.29, 1.82) is 0 Å². The van der Waals surface area contributed by atoms with E-state index in [0.29, 0.717) is 12.1 Å². The number of nitrogens with zero attached hydrogens (tertiary/aromatic N) is 1. The zero-order chi connectivity index (χ0) is 16.7. The number of likely N-dealkylation sites (N-methyl/N-ethyl adjacent to an activating group) is 1. The number of hydrogen-bond acceptors (Lipinski definition) is 2. The fourth-order valence-electron chi connectivity index (χ4n) is 5.41. The predicted octanol–water partition coefficient (Wildman–Crippen LogP) is 2.56. The molecule has 2 aromatic rings. The minimum absolute atomic E-state index is 0.0352. The summed E-state index contributed by atoms with van der Waals surface area (Å²) >= 11 is 0. The highest BCUT2D eigenvalue weighted by Crippen LogP contribution is 2.53. The third kappa shape index (κ3) is 1.83. The van der Waals surface area contributed by atoms with Gasteiger partial charge in [0.15, 0.2) is 0 Å². The topological polar surface area (TPSA) is 48.1 Å². The van der Waals surface area contributed by atoms with E-state index in [2.05, 4.69) is 52.7 Å². The minimum Gasteiger partial charge on any atom is -0.361 e. The first-order valence-electron chi connectivity index (χ1n) is 9.50. The number of carbonyl (C=O) groups is 1. The van der Waals surface area contributed by atoms with E-state index in [-0.39, 0.29) is 11.8 Å². The summed E-state index contributed by atoms with van der Waals surface area (Å²) in [5.41, 5.74) is 5.25. The highest BCUT2D eigenvalue weighted by molar-refractivity contribution is 5.99.